The molecule has 15 heavy (non-hydrogen) atoms. The number of hydrogen-bond acceptors (Lipinski definition) is 5. The summed E-state index contributed by atoms with van der Waals surface area (Å²) < 4.78 is 0. The zero-order valence-electron chi connectivity index (χ0n) is 8.69. The van der Waals surface area contributed by atoms with Crippen molar-refractivity contribution in [3.05, 3.63) is 23.1 Å². The van der Waals surface area contributed by atoms with Crippen molar-refractivity contribution in [3.63, 3.8) is 0 Å². The molecule has 0 aliphatic heterocycles. The van der Waals surface area contributed by atoms with Crippen LogP contribution in [0.1, 0.15) is 17.6 Å². The van der Waals surface area contributed by atoms with E-state index in [4.69, 9.17) is 5.73 Å². The van der Waals surface area contributed by atoms with Gasteiger partial charge in [-0.25, -0.2) is 15.0 Å². The number of nitrogens with two attached hydrogens (primary N) is 1. The van der Waals surface area contributed by atoms with Gasteiger partial charge in [-0.3, -0.25) is 0 Å². The van der Waals surface area contributed by atoms with Crippen LogP contribution in [0.2, 0.25) is 0 Å². The van der Waals surface area contributed by atoms with Crippen LogP contribution in [-0.4, -0.2) is 15.0 Å². The summed E-state index contributed by atoms with van der Waals surface area (Å²) in [6.07, 6.45) is 4.60. The molecule has 0 saturated heterocycles. The maximum absolute atomic E-state index is 5.82. The lowest BCUT2D eigenvalue weighted by atomic mass is 10.3. The van der Waals surface area contributed by atoms with Crippen LogP contribution in [0.5, 0.6) is 0 Å². The Kier molecular flexibility index (Phi) is 2.64. The molecule has 2 aromatic rings. The third-order valence-corrected chi connectivity index (χ3v) is 3.25. The van der Waals surface area contributed by atoms with Crippen LogP contribution in [-0.2, 0) is 6.42 Å². The van der Waals surface area contributed by atoms with Crippen molar-refractivity contribution in [2.45, 2.75) is 20.3 Å². The fraction of sp³-hybridized carbons (Fsp3) is 0.300. The van der Waals surface area contributed by atoms with Gasteiger partial charge in [0.1, 0.15) is 16.6 Å². The van der Waals surface area contributed by atoms with Crippen LogP contribution in [0.3, 0.4) is 0 Å². The summed E-state index contributed by atoms with van der Waals surface area (Å²) in [6, 6.07) is 0. The van der Waals surface area contributed by atoms with Gasteiger partial charge in [-0.15, -0.1) is 11.3 Å². The average Bonchev–Trinajstić information content (AvgIpc) is 2.66. The molecule has 2 aromatic heterocycles. The van der Waals surface area contributed by atoms with Crippen molar-refractivity contribution in [2.24, 2.45) is 0 Å². The predicted octanol–water partition coefficient (Wildman–Crippen LogP) is 2.05. The second-order valence-corrected chi connectivity index (χ2v) is 4.32. The van der Waals surface area contributed by atoms with Crippen molar-refractivity contribution in [1.29, 1.82) is 0 Å². The zero-order valence-corrected chi connectivity index (χ0v) is 9.51. The van der Waals surface area contributed by atoms with Gasteiger partial charge in [0.2, 0.25) is 0 Å². The SMILES string of the molecule is CCc1cnc(-c2cnc(C)nc2N)s1. The standard InChI is InChI=1S/C10H12N4S/c1-3-7-4-13-10(15-7)8-5-12-6(2)14-9(8)11/h4-5H,3H2,1-2H3,(H2,11,12,14). The lowest BCUT2D eigenvalue weighted by Gasteiger charge is -2.00. The van der Waals surface area contributed by atoms with Crippen molar-refractivity contribution >= 4 is 17.2 Å². The Hall–Kier alpha value is -1.49. The molecule has 5 heteroatoms. The molecular formula is C10H12N4S. The molecule has 0 bridgehead atoms. The van der Waals surface area contributed by atoms with Gasteiger partial charge in [0.15, 0.2) is 0 Å². The predicted molar refractivity (Wildman–Crippen MR) is 61.7 cm³/mol. The molecule has 78 valence electrons. The summed E-state index contributed by atoms with van der Waals surface area (Å²) in [6.45, 7) is 3.92. The van der Waals surface area contributed by atoms with Gasteiger partial charge in [-0.05, 0) is 13.3 Å². The van der Waals surface area contributed by atoms with E-state index in [9.17, 15) is 0 Å². The minimum atomic E-state index is 0.500. The summed E-state index contributed by atoms with van der Waals surface area (Å²) in [5.41, 5.74) is 6.64. The molecule has 0 unspecified atom stereocenters. The first-order chi connectivity index (χ1) is 7.20. The minimum Gasteiger partial charge on any atom is -0.383 e. The molecule has 0 atom stereocenters. The number of aromatic nitrogens is 3. The van der Waals surface area contributed by atoms with Gasteiger partial charge >= 0.3 is 0 Å². The molecule has 2 N–H and O–H groups in total. The highest BCUT2D eigenvalue weighted by Gasteiger charge is 2.08. The molecule has 0 saturated carbocycles. The quantitative estimate of drug-likeness (QED) is 0.841. The van der Waals surface area contributed by atoms with E-state index in [1.807, 2.05) is 13.1 Å². The summed E-state index contributed by atoms with van der Waals surface area (Å²) in [4.78, 5) is 13.8. The number of nitrogens with zero attached hydrogens (tertiary/aromatic N) is 3. The lowest BCUT2D eigenvalue weighted by molar-refractivity contribution is 1.06. The minimum absolute atomic E-state index is 0.500. The van der Waals surface area contributed by atoms with E-state index in [1.165, 1.54) is 4.88 Å². The maximum atomic E-state index is 5.82. The topological polar surface area (TPSA) is 64.7 Å². The van der Waals surface area contributed by atoms with Crippen LogP contribution in [0, 0.1) is 6.92 Å². The first kappa shape index (κ1) is 10.0. The number of thiazole rings is 1. The van der Waals surface area contributed by atoms with Crippen LogP contribution in [0.4, 0.5) is 5.82 Å². The highest BCUT2D eigenvalue weighted by molar-refractivity contribution is 7.15. The second-order valence-electron chi connectivity index (χ2n) is 3.20. The van der Waals surface area contributed by atoms with E-state index < -0.39 is 0 Å². The first-order valence-electron chi connectivity index (χ1n) is 4.75. The Labute approximate surface area is 92.2 Å². The molecule has 0 aliphatic carbocycles. The van der Waals surface area contributed by atoms with Gasteiger partial charge in [0.25, 0.3) is 0 Å². The molecule has 2 heterocycles. The fourth-order valence-electron chi connectivity index (χ4n) is 1.25. The third kappa shape index (κ3) is 1.97. The zero-order chi connectivity index (χ0) is 10.8. The van der Waals surface area contributed by atoms with Crippen LogP contribution in [0.25, 0.3) is 10.6 Å². The van der Waals surface area contributed by atoms with E-state index in [-0.39, 0.29) is 0 Å². The normalized spacial score (nSPS) is 10.5. The van der Waals surface area contributed by atoms with E-state index in [1.54, 1.807) is 17.5 Å². The molecular weight excluding hydrogens is 208 g/mol. The van der Waals surface area contributed by atoms with E-state index in [2.05, 4.69) is 21.9 Å². The second kappa shape index (κ2) is 3.94. The number of rotatable bonds is 2. The van der Waals surface area contributed by atoms with Gasteiger partial charge in [-0.2, -0.15) is 0 Å². The molecule has 0 radical (unpaired) electrons. The lowest BCUT2D eigenvalue weighted by Crippen LogP contribution is -1.97. The number of anilines is 1. The van der Waals surface area contributed by atoms with Crippen LogP contribution < -0.4 is 5.73 Å². The van der Waals surface area contributed by atoms with Crippen LogP contribution in [0.15, 0.2) is 12.4 Å². The smallest absolute Gasteiger partial charge is 0.137 e. The molecule has 0 aromatic carbocycles. The highest BCUT2D eigenvalue weighted by Crippen LogP contribution is 2.28. The van der Waals surface area contributed by atoms with Gasteiger partial charge in [0.05, 0.1) is 5.56 Å². The fourth-order valence-corrected chi connectivity index (χ4v) is 2.12. The molecule has 0 amide bonds. The van der Waals surface area contributed by atoms with E-state index >= 15 is 0 Å². The van der Waals surface area contributed by atoms with E-state index in [0.29, 0.717) is 11.6 Å². The Morgan fingerprint density at radius 1 is 1.33 bits per heavy atom. The maximum Gasteiger partial charge on any atom is 0.137 e. The Balaban J connectivity index is 2.44. The van der Waals surface area contributed by atoms with Crippen molar-refractivity contribution < 1.29 is 0 Å². The number of nitrogen functional groups attached to an aromatic ring is 1. The highest BCUT2D eigenvalue weighted by atomic mass is 32.1. The largest absolute Gasteiger partial charge is 0.383 e. The monoisotopic (exact) mass is 220 g/mol. The molecule has 0 aliphatic rings. The van der Waals surface area contributed by atoms with Crippen molar-refractivity contribution in [1.82, 2.24) is 15.0 Å². The van der Waals surface area contributed by atoms with Gasteiger partial charge in [0, 0.05) is 17.3 Å². The summed E-state index contributed by atoms with van der Waals surface area (Å²) in [5.74, 6) is 1.18. The van der Waals surface area contributed by atoms with E-state index in [0.717, 1.165) is 17.0 Å². The average molecular weight is 220 g/mol. The Morgan fingerprint density at radius 2 is 2.13 bits per heavy atom. The summed E-state index contributed by atoms with van der Waals surface area (Å²) in [5, 5.41) is 0.893. The van der Waals surface area contributed by atoms with Gasteiger partial charge in [-0.1, -0.05) is 6.92 Å². The van der Waals surface area contributed by atoms with Crippen LogP contribution >= 0.6 is 11.3 Å². The Morgan fingerprint density at radius 3 is 2.73 bits per heavy atom. The third-order valence-electron chi connectivity index (χ3n) is 2.07. The Bertz CT molecular complexity index is 478. The van der Waals surface area contributed by atoms with Crippen molar-refractivity contribution in [2.75, 3.05) is 5.73 Å². The number of aryl methyl sites for hydroxylation is 2. The van der Waals surface area contributed by atoms with Gasteiger partial charge < -0.3 is 5.73 Å². The summed E-state index contributed by atoms with van der Waals surface area (Å²) >= 11 is 1.63. The number of hydrogen-bond donors (Lipinski definition) is 1. The molecule has 0 fully saturated rings. The first-order valence-corrected chi connectivity index (χ1v) is 5.56. The molecule has 4 nitrogen and oxygen atoms in total. The molecule has 2 rings (SSSR count). The molecule has 0 spiro atoms. The van der Waals surface area contributed by atoms with Crippen molar-refractivity contribution in [3.8, 4) is 10.6 Å². The summed E-state index contributed by atoms with van der Waals surface area (Å²) in [7, 11) is 0.